The quantitative estimate of drug-likeness (QED) is 0.383. The number of hydrazone groups is 1. The summed E-state index contributed by atoms with van der Waals surface area (Å²) in [5.74, 6) is -1.54. The minimum Gasteiger partial charge on any atom is -0.481 e. The van der Waals surface area contributed by atoms with Crippen molar-refractivity contribution in [1.29, 1.82) is 0 Å². The number of aryl methyl sites for hydroxylation is 1. The van der Waals surface area contributed by atoms with E-state index in [0.717, 1.165) is 28.2 Å². The number of carbonyl (C=O) groups is 2. The molecular weight excluding hydrogens is 399 g/mol. The first-order chi connectivity index (χ1) is 14.8. The van der Waals surface area contributed by atoms with Crippen molar-refractivity contribution in [3.8, 4) is 5.69 Å². The zero-order valence-corrected chi connectivity index (χ0v) is 17.2. The van der Waals surface area contributed by atoms with Crippen LogP contribution >= 0.6 is 0 Å². The largest absolute Gasteiger partial charge is 0.481 e. The normalized spacial score (nSPS) is 10.9. The van der Waals surface area contributed by atoms with E-state index in [9.17, 15) is 14.0 Å². The van der Waals surface area contributed by atoms with Crippen LogP contribution in [0.5, 0.6) is 0 Å². The summed E-state index contributed by atoms with van der Waals surface area (Å²) in [6, 6.07) is 15.0. The first-order valence-electron chi connectivity index (χ1n) is 9.65. The molecule has 3 aromatic rings. The van der Waals surface area contributed by atoms with Crippen LogP contribution in [0.4, 0.5) is 10.1 Å². The predicted molar refractivity (Wildman–Crippen MR) is 117 cm³/mol. The zero-order chi connectivity index (χ0) is 22.4. The van der Waals surface area contributed by atoms with Gasteiger partial charge in [-0.15, -0.1) is 0 Å². The summed E-state index contributed by atoms with van der Waals surface area (Å²) in [6.45, 7) is 3.91. The van der Waals surface area contributed by atoms with Crippen molar-refractivity contribution in [2.45, 2.75) is 20.3 Å². The first kappa shape index (κ1) is 21.8. The van der Waals surface area contributed by atoms with Gasteiger partial charge in [-0.05, 0) is 61.9 Å². The van der Waals surface area contributed by atoms with E-state index in [1.807, 2.05) is 36.6 Å². The Kier molecular flexibility index (Phi) is 6.81. The molecule has 2 aromatic carbocycles. The fourth-order valence-corrected chi connectivity index (χ4v) is 3.22. The van der Waals surface area contributed by atoms with Gasteiger partial charge in [0.2, 0.25) is 0 Å². The molecule has 0 atom stereocenters. The molecule has 0 saturated carbocycles. The molecular formula is C23H23FN4O3. The number of amides is 1. The number of rotatable bonds is 8. The van der Waals surface area contributed by atoms with Gasteiger partial charge in [0.15, 0.2) is 0 Å². The Hall–Kier alpha value is -3.94. The number of carbonyl (C=O) groups excluding carboxylic acids is 1. The van der Waals surface area contributed by atoms with E-state index in [-0.39, 0.29) is 24.7 Å². The highest BCUT2D eigenvalue weighted by atomic mass is 19.1. The number of aromatic nitrogens is 1. The number of carboxylic acid groups (broad SMARTS) is 1. The van der Waals surface area contributed by atoms with Crippen molar-refractivity contribution in [2.24, 2.45) is 5.10 Å². The van der Waals surface area contributed by atoms with Crippen molar-refractivity contribution < 1.29 is 19.1 Å². The molecule has 31 heavy (non-hydrogen) atoms. The lowest BCUT2D eigenvalue weighted by Crippen LogP contribution is -2.25. The molecule has 0 aliphatic heterocycles. The second kappa shape index (κ2) is 9.71. The minimum atomic E-state index is -0.866. The van der Waals surface area contributed by atoms with Crippen LogP contribution in [0.2, 0.25) is 0 Å². The molecule has 160 valence electrons. The molecule has 0 saturated heterocycles. The number of nitrogens with zero attached hydrogens (tertiary/aromatic N) is 2. The van der Waals surface area contributed by atoms with Crippen molar-refractivity contribution in [1.82, 2.24) is 9.99 Å². The highest BCUT2D eigenvalue weighted by Crippen LogP contribution is 2.20. The summed E-state index contributed by atoms with van der Waals surface area (Å²) in [4.78, 5) is 22.8. The smallest absolute Gasteiger partial charge is 0.307 e. The molecule has 3 N–H and O–H groups in total. The topological polar surface area (TPSA) is 95.7 Å². The third kappa shape index (κ3) is 5.79. The Bertz CT molecular complexity index is 1100. The maximum absolute atomic E-state index is 12.9. The van der Waals surface area contributed by atoms with Crippen LogP contribution in [-0.4, -0.2) is 34.3 Å². The van der Waals surface area contributed by atoms with Gasteiger partial charge in [0, 0.05) is 28.3 Å². The average molecular weight is 422 g/mol. The maximum atomic E-state index is 12.9. The average Bonchev–Trinajstić information content (AvgIpc) is 3.01. The Balaban J connectivity index is 1.62. The SMILES string of the molecule is Cc1cc(/C=N\NC(=O)CNc2ccc(F)cc2)c(C)n1-c1ccc(CC(=O)O)cc1. The van der Waals surface area contributed by atoms with Crippen molar-refractivity contribution in [3.05, 3.63) is 82.9 Å². The van der Waals surface area contributed by atoms with E-state index in [1.54, 1.807) is 30.5 Å². The van der Waals surface area contributed by atoms with E-state index >= 15 is 0 Å². The van der Waals surface area contributed by atoms with Gasteiger partial charge < -0.3 is 15.0 Å². The summed E-state index contributed by atoms with van der Waals surface area (Å²) in [5, 5.41) is 15.8. The van der Waals surface area contributed by atoms with Crippen LogP contribution in [0.15, 0.2) is 59.7 Å². The van der Waals surface area contributed by atoms with Gasteiger partial charge in [-0.25, -0.2) is 9.82 Å². The summed E-state index contributed by atoms with van der Waals surface area (Å²) < 4.78 is 14.9. The lowest BCUT2D eigenvalue weighted by Gasteiger charge is -2.10. The van der Waals surface area contributed by atoms with E-state index in [4.69, 9.17) is 5.11 Å². The Morgan fingerprint density at radius 1 is 1.10 bits per heavy atom. The van der Waals surface area contributed by atoms with Crippen molar-refractivity contribution >= 4 is 23.8 Å². The van der Waals surface area contributed by atoms with Crippen LogP contribution in [0.25, 0.3) is 5.69 Å². The van der Waals surface area contributed by atoms with Crippen LogP contribution in [-0.2, 0) is 16.0 Å². The Morgan fingerprint density at radius 3 is 2.42 bits per heavy atom. The predicted octanol–water partition coefficient (Wildman–Crippen LogP) is 3.42. The van der Waals surface area contributed by atoms with Gasteiger partial charge in [-0.1, -0.05) is 12.1 Å². The highest BCUT2D eigenvalue weighted by Gasteiger charge is 2.10. The highest BCUT2D eigenvalue weighted by molar-refractivity contribution is 5.85. The van der Waals surface area contributed by atoms with Gasteiger partial charge in [0.05, 0.1) is 19.2 Å². The molecule has 1 amide bonds. The molecule has 0 aliphatic rings. The lowest BCUT2D eigenvalue weighted by molar-refractivity contribution is -0.136. The van der Waals surface area contributed by atoms with Gasteiger partial charge in [0.25, 0.3) is 5.91 Å². The molecule has 0 aliphatic carbocycles. The van der Waals surface area contributed by atoms with Crippen LogP contribution in [0.3, 0.4) is 0 Å². The monoisotopic (exact) mass is 422 g/mol. The molecule has 1 aromatic heterocycles. The molecule has 0 bridgehead atoms. The third-order valence-corrected chi connectivity index (χ3v) is 4.71. The molecule has 3 rings (SSSR count). The summed E-state index contributed by atoms with van der Waals surface area (Å²) in [5.41, 5.74) is 7.51. The number of aliphatic carboxylic acids is 1. The number of hydrogen-bond acceptors (Lipinski definition) is 4. The van der Waals surface area contributed by atoms with Gasteiger partial charge in [-0.2, -0.15) is 5.10 Å². The first-order valence-corrected chi connectivity index (χ1v) is 9.65. The molecule has 0 radical (unpaired) electrons. The standard InChI is InChI=1S/C23H23FN4O3/c1-15-11-18(13-26-27-22(29)14-25-20-7-5-19(24)6-8-20)16(2)28(15)21-9-3-17(4-10-21)12-23(30)31/h3-11,13,25H,12,14H2,1-2H3,(H,27,29)(H,30,31)/b26-13-. The number of hydrogen-bond donors (Lipinski definition) is 3. The minimum absolute atomic E-state index is 0.00465. The lowest BCUT2D eigenvalue weighted by atomic mass is 10.1. The van der Waals surface area contributed by atoms with Gasteiger partial charge in [-0.3, -0.25) is 9.59 Å². The molecule has 0 fully saturated rings. The molecule has 0 spiro atoms. The third-order valence-electron chi connectivity index (χ3n) is 4.71. The summed E-state index contributed by atoms with van der Waals surface area (Å²) in [6.07, 6.45) is 1.56. The van der Waals surface area contributed by atoms with Crippen molar-refractivity contribution in [2.75, 3.05) is 11.9 Å². The van der Waals surface area contributed by atoms with Crippen LogP contribution in [0.1, 0.15) is 22.5 Å². The number of nitrogens with one attached hydrogen (secondary N) is 2. The van der Waals surface area contributed by atoms with E-state index < -0.39 is 5.97 Å². The second-order valence-electron chi connectivity index (χ2n) is 7.05. The van der Waals surface area contributed by atoms with Crippen LogP contribution < -0.4 is 10.7 Å². The number of benzene rings is 2. The Labute approximate surface area is 179 Å². The van der Waals surface area contributed by atoms with Crippen LogP contribution in [0, 0.1) is 19.7 Å². The summed E-state index contributed by atoms with van der Waals surface area (Å²) >= 11 is 0. The van der Waals surface area contributed by atoms with E-state index in [2.05, 4.69) is 15.8 Å². The van der Waals surface area contributed by atoms with Gasteiger partial charge in [0.1, 0.15) is 5.82 Å². The number of anilines is 1. The molecule has 1 heterocycles. The molecule has 8 heteroatoms. The van der Waals surface area contributed by atoms with Gasteiger partial charge >= 0.3 is 5.97 Å². The van der Waals surface area contributed by atoms with E-state index in [0.29, 0.717) is 5.69 Å². The number of carboxylic acids is 1. The maximum Gasteiger partial charge on any atom is 0.307 e. The fraction of sp³-hybridized carbons (Fsp3) is 0.174. The Morgan fingerprint density at radius 2 is 1.77 bits per heavy atom. The second-order valence-corrected chi connectivity index (χ2v) is 7.05. The van der Waals surface area contributed by atoms with E-state index in [1.165, 1.54) is 12.1 Å². The molecule has 0 unspecified atom stereocenters. The fourth-order valence-electron chi connectivity index (χ4n) is 3.22. The van der Waals surface area contributed by atoms with Crippen molar-refractivity contribution in [3.63, 3.8) is 0 Å². The number of halogens is 1. The zero-order valence-electron chi connectivity index (χ0n) is 17.2. The molecule has 7 nitrogen and oxygen atoms in total. The summed E-state index contributed by atoms with van der Waals surface area (Å²) in [7, 11) is 0.